The van der Waals surface area contributed by atoms with Crippen LogP contribution in [0.15, 0.2) is 30.3 Å². The first-order valence-corrected chi connectivity index (χ1v) is 12.2. The lowest BCUT2D eigenvalue weighted by Gasteiger charge is -2.18. The van der Waals surface area contributed by atoms with Crippen LogP contribution in [0.1, 0.15) is 90.5 Å². The molecule has 1 rings (SSSR count). The van der Waals surface area contributed by atoms with E-state index in [1.165, 1.54) is 51.4 Å². The molecule has 176 valence electrons. The van der Waals surface area contributed by atoms with Gasteiger partial charge in [-0.3, -0.25) is 0 Å². The minimum Gasteiger partial charge on any atom is -0.464 e. The van der Waals surface area contributed by atoms with Gasteiger partial charge in [-0.05, 0) is 17.9 Å². The lowest BCUT2D eigenvalue weighted by atomic mass is 10.1. The Morgan fingerprint density at radius 3 is 2.00 bits per heavy atom. The third-order valence-corrected chi connectivity index (χ3v) is 5.15. The minimum atomic E-state index is -0.745. The first kappa shape index (κ1) is 27.0. The highest BCUT2D eigenvalue weighted by Crippen LogP contribution is 2.11. The molecule has 0 aliphatic rings. The molecule has 0 radical (unpaired) electrons. The number of nitrogens with one attached hydrogen (secondary N) is 1. The van der Waals surface area contributed by atoms with Crippen molar-refractivity contribution in [3.8, 4) is 0 Å². The molecule has 0 aliphatic heterocycles. The molecular formula is C26H43NO4. The number of carbonyl (C=O) groups excluding carboxylic acids is 2. The number of rotatable bonds is 17. The van der Waals surface area contributed by atoms with Crippen LogP contribution >= 0.6 is 0 Å². The van der Waals surface area contributed by atoms with Crippen LogP contribution in [0, 0.1) is 5.92 Å². The molecule has 1 aromatic rings. The quantitative estimate of drug-likeness (QED) is 0.227. The van der Waals surface area contributed by atoms with Crippen molar-refractivity contribution in [3.63, 3.8) is 0 Å². The lowest BCUT2D eigenvalue weighted by molar-refractivity contribution is -0.146. The first-order chi connectivity index (χ1) is 15.0. The van der Waals surface area contributed by atoms with Crippen LogP contribution in [0.25, 0.3) is 0 Å². The average molecular weight is 434 g/mol. The third kappa shape index (κ3) is 14.6. The zero-order valence-electron chi connectivity index (χ0n) is 19.9. The molecule has 5 heteroatoms. The summed E-state index contributed by atoms with van der Waals surface area (Å²) in [4.78, 5) is 24.7. The Morgan fingerprint density at radius 1 is 0.839 bits per heavy atom. The van der Waals surface area contributed by atoms with Crippen LogP contribution in [0.3, 0.4) is 0 Å². The van der Waals surface area contributed by atoms with Gasteiger partial charge in [0.25, 0.3) is 0 Å². The monoisotopic (exact) mass is 433 g/mol. The van der Waals surface area contributed by atoms with Crippen LogP contribution in [-0.4, -0.2) is 31.3 Å². The molecule has 1 aromatic carbocycles. The summed E-state index contributed by atoms with van der Waals surface area (Å²) in [5.74, 6) is -0.164. The second-order valence-electron chi connectivity index (χ2n) is 8.73. The normalized spacial score (nSPS) is 11.9. The number of hydrogen-bond acceptors (Lipinski definition) is 4. The van der Waals surface area contributed by atoms with Gasteiger partial charge in [-0.1, -0.05) is 109 Å². The molecule has 0 saturated heterocycles. The molecule has 0 heterocycles. The van der Waals surface area contributed by atoms with Crippen molar-refractivity contribution in [2.45, 2.75) is 97.4 Å². The maximum atomic E-state index is 12.6. The van der Waals surface area contributed by atoms with Crippen LogP contribution in [0.5, 0.6) is 0 Å². The number of amides is 1. The average Bonchev–Trinajstić information content (AvgIpc) is 2.76. The number of esters is 1. The fourth-order valence-electron chi connectivity index (χ4n) is 3.33. The summed E-state index contributed by atoms with van der Waals surface area (Å²) in [5.41, 5.74) is 0.965. The van der Waals surface area contributed by atoms with Crippen LogP contribution in [0.2, 0.25) is 0 Å². The maximum absolute atomic E-state index is 12.6. The molecule has 1 N–H and O–H groups in total. The van der Waals surface area contributed by atoms with Crippen molar-refractivity contribution in [2.75, 3.05) is 13.2 Å². The summed E-state index contributed by atoms with van der Waals surface area (Å²) in [6, 6.07) is 8.88. The second kappa shape index (κ2) is 17.6. The van der Waals surface area contributed by atoms with Gasteiger partial charge in [-0.2, -0.15) is 0 Å². The molecule has 0 aliphatic carbocycles. The molecule has 1 amide bonds. The standard InChI is InChI=1S/C26H43NO4/c1-4-5-6-7-8-9-10-11-12-16-19-30-25(28)24(20-23-17-14-13-15-18-23)27-26(29)31-21-22(2)3/h13-15,17-18,22,24H,4-12,16,19-21H2,1-3H3,(H,27,29). The summed E-state index contributed by atoms with van der Waals surface area (Å²) in [5, 5.41) is 2.67. The van der Waals surface area contributed by atoms with Gasteiger partial charge in [-0.15, -0.1) is 0 Å². The van der Waals surface area contributed by atoms with Gasteiger partial charge in [0.15, 0.2) is 0 Å². The molecule has 0 aromatic heterocycles. The maximum Gasteiger partial charge on any atom is 0.407 e. The smallest absolute Gasteiger partial charge is 0.407 e. The summed E-state index contributed by atoms with van der Waals surface area (Å²) < 4.78 is 10.6. The van der Waals surface area contributed by atoms with E-state index in [1.807, 2.05) is 44.2 Å². The number of unbranched alkanes of at least 4 members (excludes halogenated alkanes) is 9. The van der Waals surface area contributed by atoms with Crippen molar-refractivity contribution >= 4 is 12.1 Å². The number of hydrogen-bond donors (Lipinski definition) is 1. The van der Waals surface area contributed by atoms with Crippen molar-refractivity contribution < 1.29 is 19.1 Å². The Balaban J connectivity index is 2.31. The fourth-order valence-corrected chi connectivity index (χ4v) is 3.33. The minimum absolute atomic E-state index is 0.238. The van der Waals surface area contributed by atoms with Crippen molar-refractivity contribution in [1.29, 1.82) is 0 Å². The van der Waals surface area contributed by atoms with E-state index in [0.29, 0.717) is 19.6 Å². The van der Waals surface area contributed by atoms with Gasteiger partial charge in [0.2, 0.25) is 0 Å². The van der Waals surface area contributed by atoms with Crippen LogP contribution < -0.4 is 5.32 Å². The highest BCUT2D eigenvalue weighted by atomic mass is 16.6. The van der Waals surface area contributed by atoms with E-state index < -0.39 is 18.1 Å². The Hall–Kier alpha value is -2.04. The second-order valence-corrected chi connectivity index (χ2v) is 8.73. The Kier molecular flexibility index (Phi) is 15.3. The molecule has 0 fully saturated rings. The fraction of sp³-hybridized carbons (Fsp3) is 0.692. The highest BCUT2D eigenvalue weighted by Gasteiger charge is 2.23. The lowest BCUT2D eigenvalue weighted by Crippen LogP contribution is -2.44. The molecule has 1 unspecified atom stereocenters. The summed E-state index contributed by atoms with van der Waals surface area (Å²) in [6.45, 7) is 6.89. The SMILES string of the molecule is CCCCCCCCCCCCOC(=O)C(Cc1ccccc1)NC(=O)OCC(C)C. The van der Waals surface area contributed by atoms with E-state index in [9.17, 15) is 9.59 Å². The van der Waals surface area contributed by atoms with Gasteiger partial charge < -0.3 is 14.8 Å². The van der Waals surface area contributed by atoms with Gasteiger partial charge in [0, 0.05) is 6.42 Å². The van der Waals surface area contributed by atoms with Crippen molar-refractivity contribution in [3.05, 3.63) is 35.9 Å². The molecule has 31 heavy (non-hydrogen) atoms. The van der Waals surface area contributed by atoms with Gasteiger partial charge >= 0.3 is 12.1 Å². The molecule has 1 atom stereocenters. The topological polar surface area (TPSA) is 64.6 Å². The number of carbonyl (C=O) groups is 2. The molecule has 0 spiro atoms. The summed E-state index contributed by atoms with van der Waals surface area (Å²) in [6.07, 6.45) is 12.1. The summed E-state index contributed by atoms with van der Waals surface area (Å²) in [7, 11) is 0. The van der Waals surface area contributed by atoms with Crippen molar-refractivity contribution in [2.24, 2.45) is 5.92 Å². The number of benzene rings is 1. The Labute approximate surface area is 189 Å². The molecule has 0 bridgehead atoms. The Morgan fingerprint density at radius 2 is 1.42 bits per heavy atom. The first-order valence-electron chi connectivity index (χ1n) is 12.2. The van der Waals surface area contributed by atoms with E-state index in [-0.39, 0.29) is 5.92 Å². The molecule has 5 nitrogen and oxygen atoms in total. The van der Waals surface area contributed by atoms with Gasteiger partial charge in [0.1, 0.15) is 6.04 Å². The van der Waals surface area contributed by atoms with Crippen molar-refractivity contribution in [1.82, 2.24) is 5.32 Å². The van der Waals surface area contributed by atoms with E-state index in [2.05, 4.69) is 12.2 Å². The molecule has 0 saturated carbocycles. The predicted octanol–water partition coefficient (Wildman–Crippen LogP) is 6.44. The van der Waals surface area contributed by atoms with E-state index >= 15 is 0 Å². The zero-order chi connectivity index (χ0) is 22.7. The van der Waals surface area contributed by atoms with Gasteiger partial charge in [-0.25, -0.2) is 9.59 Å². The highest BCUT2D eigenvalue weighted by molar-refractivity contribution is 5.81. The molecular weight excluding hydrogens is 390 g/mol. The number of ether oxygens (including phenoxy) is 2. The predicted molar refractivity (Wildman–Crippen MR) is 126 cm³/mol. The Bertz CT molecular complexity index is 588. The number of alkyl carbamates (subject to hydrolysis) is 1. The summed E-state index contributed by atoms with van der Waals surface area (Å²) >= 11 is 0. The van der Waals surface area contributed by atoms with Crippen LogP contribution in [0.4, 0.5) is 4.79 Å². The zero-order valence-corrected chi connectivity index (χ0v) is 19.9. The van der Waals surface area contributed by atoms with E-state index in [0.717, 1.165) is 18.4 Å². The third-order valence-electron chi connectivity index (χ3n) is 5.15. The van der Waals surface area contributed by atoms with Crippen LogP contribution in [-0.2, 0) is 20.7 Å². The van der Waals surface area contributed by atoms with E-state index in [1.54, 1.807) is 0 Å². The van der Waals surface area contributed by atoms with E-state index in [4.69, 9.17) is 9.47 Å². The largest absolute Gasteiger partial charge is 0.464 e. The van der Waals surface area contributed by atoms with Gasteiger partial charge in [0.05, 0.1) is 13.2 Å².